The average molecular weight is 228 g/mol. The van der Waals surface area contributed by atoms with E-state index in [-0.39, 0.29) is 12.0 Å². The summed E-state index contributed by atoms with van der Waals surface area (Å²) < 4.78 is 25.7. The number of hydrogen-bond acceptors (Lipinski definition) is 1. The van der Waals surface area contributed by atoms with E-state index in [2.05, 4.69) is 0 Å². The van der Waals surface area contributed by atoms with Crippen molar-refractivity contribution in [3.63, 3.8) is 0 Å². The molecule has 1 aromatic rings. The number of rotatable bonds is 5. The van der Waals surface area contributed by atoms with E-state index in [1.807, 2.05) is 13.8 Å². The predicted octanol–water partition coefficient (Wildman–Crippen LogP) is 3.62. The fraction of sp³-hybridized carbons (Fsp3) is 0.538. The second kappa shape index (κ2) is 5.94. The maximum Gasteiger partial charge on any atom is 0.159 e. The van der Waals surface area contributed by atoms with E-state index in [0.717, 1.165) is 24.5 Å². The van der Waals surface area contributed by atoms with Crippen molar-refractivity contribution in [2.24, 2.45) is 0 Å². The molecular formula is C13H18F2O. The van der Waals surface area contributed by atoms with E-state index in [9.17, 15) is 13.9 Å². The Bertz CT molecular complexity index is 339. The molecule has 1 N–H and O–H groups in total. The summed E-state index contributed by atoms with van der Waals surface area (Å²) in [6.45, 7) is 3.91. The highest BCUT2D eigenvalue weighted by Gasteiger charge is 2.13. The third kappa shape index (κ3) is 3.56. The average Bonchev–Trinajstić information content (AvgIpc) is 2.22. The fourth-order valence-electron chi connectivity index (χ4n) is 1.81. The molecule has 16 heavy (non-hydrogen) atoms. The molecule has 0 spiro atoms. The van der Waals surface area contributed by atoms with Crippen LogP contribution in [0.2, 0.25) is 0 Å². The van der Waals surface area contributed by atoms with Crippen molar-refractivity contribution in [2.75, 3.05) is 0 Å². The molecule has 0 aliphatic heterocycles. The van der Waals surface area contributed by atoms with E-state index in [4.69, 9.17) is 0 Å². The van der Waals surface area contributed by atoms with Crippen molar-refractivity contribution in [3.05, 3.63) is 35.4 Å². The quantitative estimate of drug-likeness (QED) is 0.816. The van der Waals surface area contributed by atoms with Gasteiger partial charge in [0.05, 0.1) is 6.10 Å². The Kier molecular flexibility index (Phi) is 4.87. The van der Waals surface area contributed by atoms with Crippen LogP contribution < -0.4 is 0 Å². The Hall–Kier alpha value is -0.960. The van der Waals surface area contributed by atoms with Gasteiger partial charge in [0.15, 0.2) is 11.6 Å². The third-order valence-electron chi connectivity index (χ3n) is 2.76. The minimum absolute atomic E-state index is 0.0386. The largest absolute Gasteiger partial charge is 0.393 e. The van der Waals surface area contributed by atoms with Crippen LogP contribution in [0, 0.1) is 11.6 Å². The molecule has 0 aromatic heterocycles. The fourth-order valence-corrected chi connectivity index (χ4v) is 1.81. The van der Waals surface area contributed by atoms with Crippen LogP contribution in [-0.4, -0.2) is 11.2 Å². The first kappa shape index (κ1) is 13.1. The van der Waals surface area contributed by atoms with Crippen LogP contribution in [0.15, 0.2) is 18.2 Å². The molecule has 0 radical (unpaired) electrons. The summed E-state index contributed by atoms with van der Waals surface area (Å²) in [6.07, 6.45) is 1.88. The van der Waals surface area contributed by atoms with E-state index in [1.165, 1.54) is 6.07 Å². The highest BCUT2D eigenvalue weighted by molar-refractivity contribution is 5.21. The Balaban J connectivity index is 2.65. The zero-order valence-electron chi connectivity index (χ0n) is 9.71. The number of hydrogen-bond donors (Lipinski definition) is 1. The van der Waals surface area contributed by atoms with Crippen LogP contribution in [0.25, 0.3) is 0 Å². The van der Waals surface area contributed by atoms with Gasteiger partial charge in [0.25, 0.3) is 0 Å². The summed E-state index contributed by atoms with van der Waals surface area (Å²) in [4.78, 5) is 0. The summed E-state index contributed by atoms with van der Waals surface area (Å²) in [6, 6.07) is 3.91. The van der Waals surface area contributed by atoms with Crippen LogP contribution in [0.4, 0.5) is 8.78 Å². The first-order chi connectivity index (χ1) is 7.54. The Morgan fingerprint density at radius 2 is 1.94 bits per heavy atom. The van der Waals surface area contributed by atoms with Crippen molar-refractivity contribution in [3.8, 4) is 0 Å². The molecule has 2 atom stereocenters. The van der Waals surface area contributed by atoms with Gasteiger partial charge >= 0.3 is 0 Å². The molecule has 0 aliphatic rings. The highest BCUT2D eigenvalue weighted by Crippen LogP contribution is 2.23. The molecule has 1 nitrogen and oxygen atoms in total. The van der Waals surface area contributed by atoms with Crippen molar-refractivity contribution in [1.29, 1.82) is 0 Å². The first-order valence-electron chi connectivity index (χ1n) is 5.67. The lowest BCUT2D eigenvalue weighted by atomic mass is 9.93. The van der Waals surface area contributed by atoms with Gasteiger partial charge in [-0.2, -0.15) is 0 Å². The molecule has 0 fully saturated rings. The summed E-state index contributed by atoms with van der Waals surface area (Å²) in [5.74, 6) is -1.61. The SMILES string of the molecule is CCCC(O)CC(C)c1ccc(F)c(F)c1. The number of aliphatic hydroxyl groups excluding tert-OH is 1. The minimum Gasteiger partial charge on any atom is -0.393 e. The van der Waals surface area contributed by atoms with Gasteiger partial charge in [0.1, 0.15) is 0 Å². The number of benzene rings is 1. The Morgan fingerprint density at radius 3 is 2.50 bits per heavy atom. The summed E-state index contributed by atoms with van der Waals surface area (Å²) in [5.41, 5.74) is 0.731. The monoisotopic (exact) mass is 228 g/mol. The highest BCUT2D eigenvalue weighted by atomic mass is 19.2. The van der Waals surface area contributed by atoms with E-state index in [0.29, 0.717) is 6.42 Å². The molecule has 2 unspecified atom stereocenters. The summed E-state index contributed by atoms with van der Waals surface area (Å²) in [5, 5.41) is 9.64. The van der Waals surface area contributed by atoms with Crippen LogP contribution in [0.3, 0.4) is 0 Å². The second-order valence-electron chi connectivity index (χ2n) is 4.25. The third-order valence-corrected chi connectivity index (χ3v) is 2.76. The molecule has 90 valence electrons. The zero-order valence-corrected chi connectivity index (χ0v) is 9.71. The van der Waals surface area contributed by atoms with Crippen molar-refractivity contribution < 1.29 is 13.9 Å². The molecular weight excluding hydrogens is 210 g/mol. The van der Waals surface area contributed by atoms with E-state index in [1.54, 1.807) is 6.07 Å². The van der Waals surface area contributed by atoms with Gasteiger partial charge in [-0.15, -0.1) is 0 Å². The molecule has 0 aliphatic carbocycles. The minimum atomic E-state index is -0.829. The van der Waals surface area contributed by atoms with Crippen molar-refractivity contribution >= 4 is 0 Å². The van der Waals surface area contributed by atoms with Gasteiger partial charge in [-0.3, -0.25) is 0 Å². The second-order valence-corrected chi connectivity index (χ2v) is 4.25. The molecule has 0 saturated carbocycles. The van der Waals surface area contributed by atoms with Crippen LogP contribution in [0.1, 0.15) is 44.6 Å². The van der Waals surface area contributed by atoms with Gasteiger partial charge in [0.2, 0.25) is 0 Å². The van der Waals surface area contributed by atoms with Crippen molar-refractivity contribution in [1.82, 2.24) is 0 Å². The molecule has 1 aromatic carbocycles. The smallest absolute Gasteiger partial charge is 0.159 e. The molecule has 0 saturated heterocycles. The number of aliphatic hydroxyl groups is 1. The Morgan fingerprint density at radius 1 is 1.25 bits per heavy atom. The van der Waals surface area contributed by atoms with E-state index >= 15 is 0 Å². The topological polar surface area (TPSA) is 20.2 Å². The molecule has 0 amide bonds. The molecule has 1 rings (SSSR count). The van der Waals surface area contributed by atoms with Gasteiger partial charge in [0, 0.05) is 0 Å². The molecule has 0 heterocycles. The lowest BCUT2D eigenvalue weighted by Crippen LogP contribution is -2.10. The molecule has 0 bridgehead atoms. The van der Waals surface area contributed by atoms with E-state index < -0.39 is 11.6 Å². The maximum absolute atomic E-state index is 13.0. The standard InChI is InChI=1S/C13H18F2O/c1-3-4-11(16)7-9(2)10-5-6-12(14)13(15)8-10/h5-6,8-9,11,16H,3-4,7H2,1-2H3. The van der Waals surface area contributed by atoms with Gasteiger partial charge in [-0.25, -0.2) is 8.78 Å². The van der Waals surface area contributed by atoms with Crippen LogP contribution in [-0.2, 0) is 0 Å². The van der Waals surface area contributed by atoms with Gasteiger partial charge in [-0.05, 0) is 36.5 Å². The van der Waals surface area contributed by atoms with Gasteiger partial charge in [-0.1, -0.05) is 26.3 Å². The summed E-state index contributed by atoms with van der Waals surface area (Å²) >= 11 is 0. The lowest BCUT2D eigenvalue weighted by molar-refractivity contribution is 0.146. The van der Waals surface area contributed by atoms with Crippen LogP contribution >= 0.6 is 0 Å². The normalized spacial score (nSPS) is 14.8. The number of halogens is 2. The predicted molar refractivity (Wildman–Crippen MR) is 60.3 cm³/mol. The first-order valence-corrected chi connectivity index (χ1v) is 5.67. The van der Waals surface area contributed by atoms with Crippen molar-refractivity contribution in [2.45, 2.75) is 45.1 Å². The lowest BCUT2D eigenvalue weighted by Gasteiger charge is -2.16. The van der Waals surface area contributed by atoms with Crippen LogP contribution in [0.5, 0.6) is 0 Å². The maximum atomic E-state index is 13.0. The zero-order chi connectivity index (χ0) is 12.1. The molecule has 3 heteroatoms. The summed E-state index contributed by atoms with van der Waals surface area (Å²) in [7, 11) is 0. The Labute approximate surface area is 95.1 Å². The van der Waals surface area contributed by atoms with Gasteiger partial charge < -0.3 is 5.11 Å².